The molecule has 0 fully saturated rings. The second-order valence-electron chi connectivity index (χ2n) is 10.2. The SMILES string of the molecule is CCCN(Cc1ccccc1)c1cc(CC(=O)Cc2ccc(C)cc2)cc(-c2ccccc2S(=O)(=O)NC(C)=O)n1. The van der Waals surface area contributed by atoms with Crippen LogP contribution in [-0.2, 0) is 39.0 Å². The van der Waals surface area contributed by atoms with Crippen molar-refractivity contribution in [3.05, 3.63) is 113 Å². The van der Waals surface area contributed by atoms with Crippen LogP contribution in [0.2, 0.25) is 0 Å². The van der Waals surface area contributed by atoms with Crippen LogP contribution in [0.15, 0.2) is 95.9 Å². The fourth-order valence-corrected chi connectivity index (χ4v) is 5.91. The standard InChI is InChI=1S/C33H35N3O4S/c1-4-18-36(23-27-10-6-5-7-11-27)33-22-28(20-29(38)19-26-16-14-24(2)15-17-26)21-31(34-33)30-12-8-9-13-32(30)41(39,40)35-25(3)37/h5-17,21-22H,4,18-20,23H2,1-3H3,(H,35,37). The van der Waals surface area contributed by atoms with Crippen molar-refractivity contribution in [3.63, 3.8) is 0 Å². The lowest BCUT2D eigenvalue weighted by Gasteiger charge is -2.25. The van der Waals surface area contributed by atoms with Crippen molar-refractivity contribution in [3.8, 4) is 11.3 Å². The summed E-state index contributed by atoms with van der Waals surface area (Å²) in [6.07, 6.45) is 1.33. The Balaban J connectivity index is 1.78. The van der Waals surface area contributed by atoms with Crippen molar-refractivity contribution in [2.24, 2.45) is 0 Å². The number of nitrogens with zero attached hydrogens (tertiary/aromatic N) is 2. The summed E-state index contributed by atoms with van der Waals surface area (Å²) in [5.74, 6) is 0.0140. The number of benzene rings is 3. The third-order valence-electron chi connectivity index (χ3n) is 6.56. The third kappa shape index (κ3) is 8.11. The van der Waals surface area contributed by atoms with Crippen LogP contribution in [-0.4, -0.2) is 31.6 Å². The van der Waals surface area contributed by atoms with E-state index in [0.29, 0.717) is 36.6 Å². The molecule has 4 aromatic rings. The number of carbonyl (C=O) groups is 2. The Morgan fingerprint density at radius 1 is 0.829 bits per heavy atom. The van der Waals surface area contributed by atoms with Crippen LogP contribution in [0.5, 0.6) is 0 Å². The highest BCUT2D eigenvalue weighted by Gasteiger charge is 2.22. The number of anilines is 1. The van der Waals surface area contributed by atoms with E-state index in [9.17, 15) is 18.0 Å². The van der Waals surface area contributed by atoms with Gasteiger partial charge in [0.1, 0.15) is 11.6 Å². The summed E-state index contributed by atoms with van der Waals surface area (Å²) in [7, 11) is -4.13. The summed E-state index contributed by atoms with van der Waals surface area (Å²) >= 11 is 0. The molecule has 0 unspecified atom stereocenters. The van der Waals surface area contributed by atoms with Gasteiger partial charge < -0.3 is 4.90 Å². The molecule has 0 bridgehead atoms. The fraction of sp³-hybridized carbons (Fsp3) is 0.242. The Kier molecular flexibility index (Phi) is 9.68. The Morgan fingerprint density at radius 3 is 2.17 bits per heavy atom. The second-order valence-corrected chi connectivity index (χ2v) is 11.8. The molecule has 212 valence electrons. The predicted molar refractivity (Wildman–Crippen MR) is 162 cm³/mol. The average Bonchev–Trinajstić information content (AvgIpc) is 2.94. The van der Waals surface area contributed by atoms with E-state index >= 15 is 0 Å². The highest BCUT2D eigenvalue weighted by atomic mass is 32.2. The van der Waals surface area contributed by atoms with Crippen LogP contribution in [0, 0.1) is 6.92 Å². The van der Waals surface area contributed by atoms with Gasteiger partial charge in [-0.1, -0.05) is 85.3 Å². The quantitative estimate of drug-likeness (QED) is 0.237. The van der Waals surface area contributed by atoms with E-state index in [4.69, 9.17) is 4.98 Å². The maximum Gasteiger partial charge on any atom is 0.264 e. The van der Waals surface area contributed by atoms with Crippen molar-refractivity contribution < 1.29 is 18.0 Å². The first-order valence-electron chi connectivity index (χ1n) is 13.6. The van der Waals surface area contributed by atoms with Gasteiger partial charge in [0.25, 0.3) is 10.0 Å². The summed E-state index contributed by atoms with van der Waals surface area (Å²) in [6.45, 7) is 6.57. The van der Waals surface area contributed by atoms with Crippen LogP contribution in [0.1, 0.15) is 42.5 Å². The van der Waals surface area contributed by atoms with Gasteiger partial charge >= 0.3 is 0 Å². The number of nitrogens with one attached hydrogen (secondary N) is 1. The van der Waals surface area contributed by atoms with E-state index in [-0.39, 0.29) is 17.1 Å². The van der Waals surface area contributed by atoms with Crippen molar-refractivity contribution in [2.75, 3.05) is 11.4 Å². The maximum atomic E-state index is 13.2. The minimum atomic E-state index is -4.13. The summed E-state index contributed by atoms with van der Waals surface area (Å²) < 4.78 is 28.2. The van der Waals surface area contributed by atoms with Gasteiger partial charge in [-0.05, 0) is 48.2 Å². The third-order valence-corrected chi connectivity index (χ3v) is 8.05. The van der Waals surface area contributed by atoms with Gasteiger partial charge in [0.2, 0.25) is 5.91 Å². The molecule has 0 aliphatic carbocycles. The number of rotatable bonds is 12. The molecule has 8 heteroatoms. The number of hydrogen-bond acceptors (Lipinski definition) is 6. The zero-order valence-corrected chi connectivity index (χ0v) is 24.4. The molecule has 0 aliphatic heterocycles. The number of hydrogen-bond donors (Lipinski definition) is 1. The van der Waals surface area contributed by atoms with Gasteiger partial charge in [0.05, 0.1) is 10.6 Å². The lowest BCUT2D eigenvalue weighted by atomic mass is 10.0. The van der Waals surface area contributed by atoms with Gasteiger partial charge in [-0.25, -0.2) is 18.1 Å². The van der Waals surface area contributed by atoms with Gasteiger partial charge in [-0.2, -0.15) is 0 Å². The first kappa shape index (κ1) is 29.7. The largest absolute Gasteiger partial charge is 0.352 e. The highest BCUT2D eigenvalue weighted by molar-refractivity contribution is 7.90. The van der Waals surface area contributed by atoms with E-state index in [1.165, 1.54) is 6.07 Å². The summed E-state index contributed by atoms with van der Waals surface area (Å²) in [6, 6.07) is 28.1. The lowest BCUT2D eigenvalue weighted by Crippen LogP contribution is -2.28. The van der Waals surface area contributed by atoms with E-state index in [1.807, 2.05) is 67.6 Å². The topological polar surface area (TPSA) is 96.4 Å². The van der Waals surface area contributed by atoms with Crippen molar-refractivity contribution in [1.29, 1.82) is 0 Å². The summed E-state index contributed by atoms with van der Waals surface area (Å²) in [4.78, 5) is 31.8. The Hall–Kier alpha value is -4.30. The fourth-order valence-electron chi connectivity index (χ4n) is 4.70. The molecule has 1 amide bonds. The molecule has 0 atom stereocenters. The molecular formula is C33H35N3O4S. The molecule has 3 aromatic carbocycles. The second kappa shape index (κ2) is 13.4. The molecule has 1 heterocycles. The smallest absolute Gasteiger partial charge is 0.264 e. The zero-order valence-electron chi connectivity index (χ0n) is 23.6. The Labute approximate surface area is 242 Å². The number of aromatic nitrogens is 1. The molecule has 1 aromatic heterocycles. The van der Waals surface area contributed by atoms with Gasteiger partial charge in [-0.3, -0.25) is 9.59 Å². The molecule has 0 radical (unpaired) electrons. The van der Waals surface area contributed by atoms with E-state index in [0.717, 1.165) is 35.6 Å². The van der Waals surface area contributed by atoms with E-state index < -0.39 is 15.9 Å². The van der Waals surface area contributed by atoms with Crippen molar-refractivity contribution in [2.45, 2.75) is 51.5 Å². The summed E-state index contributed by atoms with van der Waals surface area (Å²) in [5.41, 5.74) is 4.69. The van der Waals surface area contributed by atoms with Crippen LogP contribution >= 0.6 is 0 Å². The molecule has 0 aliphatic rings. The minimum Gasteiger partial charge on any atom is -0.352 e. The Bertz CT molecular complexity index is 1620. The van der Waals surface area contributed by atoms with Crippen LogP contribution < -0.4 is 9.62 Å². The molecule has 0 spiro atoms. The molecule has 7 nitrogen and oxygen atoms in total. The number of aryl methyl sites for hydroxylation is 1. The van der Waals surface area contributed by atoms with Gasteiger partial charge in [0, 0.05) is 38.4 Å². The summed E-state index contributed by atoms with van der Waals surface area (Å²) in [5, 5.41) is 0. The highest BCUT2D eigenvalue weighted by Crippen LogP contribution is 2.30. The normalized spacial score (nSPS) is 11.2. The first-order valence-corrected chi connectivity index (χ1v) is 15.1. The number of amides is 1. The minimum absolute atomic E-state index is 0.0428. The van der Waals surface area contributed by atoms with E-state index in [1.54, 1.807) is 24.3 Å². The predicted octanol–water partition coefficient (Wildman–Crippen LogP) is 5.65. The molecule has 41 heavy (non-hydrogen) atoms. The number of ketones is 1. The zero-order chi connectivity index (χ0) is 29.4. The maximum absolute atomic E-state index is 13.2. The molecule has 4 rings (SSSR count). The molecule has 0 saturated heterocycles. The average molecular weight is 570 g/mol. The number of Topliss-reactive ketones (excluding diaryl/α,β-unsaturated/α-hetero) is 1. The lowest BCUT2D eigenvalue weighted by molar-refractivity contribution is -0.118. The van der Waals surface area contributed by atoms with Crippen molar-refractivity contribution in [1.82, 2.24) is 9.71 Å². The molecular weight excluding hydrogens is 534 g/mol. The molecule has 0 saturated carbocycles. The number of pyridine rings is 1. The monoisotopic (exact) mass is 569 g/mol. The van der Waals surface area contributed by atoms with Crippen LogP contribution in [0.4, 0.5) is 5.82 Å². The van der Waals surface area contributed by atoms with Crippen LogP contribution in [0.25, 0.3) is 11.3 Å². The Morgan fingerprint density at radius 2 is 1.49 bits per heavy atom. The number of sulfonamides is 1. The van der Waals surface area contributed by atoms with Gasteiger partial charge in [0.15, 0.2) is 0 Å². The van der Waals surface area contributed by atoms with E-state index in [2.05, 4.69) is 16.5 Å². The van der Waals surface area contributed by atoms with Crippen molar-refractivity contribution >= 4 is 27.5 Å². The number of carbonyl (C=O) groups excluding carboxylic acids is 2. The first-order chi connectivity index (χ1) is 19.6. The molecule has 1 N–H and O–H groups in total. The van der Waals surface area contributed by atoms with Crippen LogP contribution in [0.3, 0.4) is 0 Å². The van der Waals surface area contributed by atoms with Gasteiger partial charge in [-0.15, -0.1) is 0 Å².